The van der Waals surface area contributed by atoms with E-state index in [0.717, 1.165) is 12.8 Å². The molecule has 168 valence electrons. The van der Waals surface area contributed by atoms with Gasteiger partial charge in [0, 0.05) is 22.7 Å². The van der Waals surface area contributed by atoms with Crippen molar-refractivity contribution in [3.8, 4) is 0 Å². The average Bonchev–Trinajstić information content (AvgIpc) is 3.46. The number of rotatable bonds is 6. The smallest absolute Gasteiger partial charge is 0.273 e. The second-order valence-corrected chi connectivity index (χ2v) is 9.43. The van der Waals surface area contributed by atoms with Gasteiger partial charge in [0.05, 0.1) is 12.1 Å². The third-order valence-corrected chi connectivity index (χ3v) is 5.60. The molecule has 3 aromatic rings. The van der Waals surface area contributed by atoms with Gasteiger partial charge in [0.1, 0.15) is 11.9 Å². The van der Waals surface area contributed by atoms with Crippen LogP contribution in [0.1, 0.15) is 49.7 Å². The number of nitrogens with two attached hydrogens (primary N) is 1. The molecule has 2 aromatic carbocycles. The van der Waals surface area contributed by atoms with Gasteiger partial charge in [0.2, 0.25) is 5.91 Å². The van der Waals surface area contributed by atoms with Gasteiger partial charge in [-0.2, -0.15) is 5.10 Å². The van der Waals surface area contributed by atoms with E-state index in [1.807, 2.05) is 39.0 Å². The van der Waals surface area contributed by atoms with Crippen molar-refractivity contribution >= 4 is 28.4 Å². The van der Waals surface area contributed by atoms with Gasteiger partial charge in [-0.3, -0.25) is 14.3 Å². The molecule has 0 bridgehead atoms. The summed E-state index contributed by atoms with van der Waals surface area (Å²) in [6.45, 7) is 5.87. The molecule has 1 atom stereocenters. The number of nitrogens with zero attached hydrogens (tertiary/aromatic N) is 2. The van der Waals surface area contributed by atoms with Crippen LogP contribution in [0, 0.1) is 11.2 Å². The summed E-state index contributed by atoms with van der Waals surface area (Å²) < 4.78 is 16.0. The predicted octanol–water partition coefficient (Wildman–Crippen LogP) is 3.23. The van der Waals surface area contributed by atoms with E-state index in [-0.39, 0.29) is 24.2 Å². The number of fused-ring (bicyclic) bond motifs is 1. The van der Waals surface area contributed by atoms with Gasteiger partial charge in [0.25, 0.3) is 5.91 Å². The Morgan fingerprint density at radius 1 is 1.22 bits per heavy atom. The number of halogens is 1. The number of nitrogen functional groups attached to an aromatic ring is 1. The van der Waals surface area contributed by atoms with Crippen LogP contribution in [-0.4, -0.2) is 33.7 Å². The lowest BCUT2D eigenvalue weighted by Gasteiger charge is -2.30. The second kappa shape index (κ2) is 8.26. The predicted molar refractivity (Wildman–Crippen MR) is 122 cm³/mol. The lowest BCUT2D eigenvalue weighted by molar-refractivity contribution is -0.125. The standard InChI is InChI=1S/C24H28FN5O2/c1-24(2,3)21(23(32)27-16-10-11-16)28-22(31)20-17-6-4-5-7-19(17)30(29-20)13-14-8-9-15(26)12-18(14)25/h4-9,12,16,21H,10-11,13,26H2,1-3H3,(H,27,32)(H,28,31). The van der Waals surface area contributed by atoms with Gasteiger partial charge in [-0.1, -0.05) is 45.0 Å². The minimum Gasteiger partial charge on any atom is -0.399 e. The molecule has 2 amide bonds. The zero-order valence-corrected chi connectivity index (χ0v) is 18.5. The number of carbonyl (C=O) groups excluding carboxylic acids is 2. The molecule has 1 fully saturated rings. The number of benzene rings is 2. The zero-order valence-electron chi connectivity index (χ0n) is 18.5. The van der Waals surface area contributed by atoms with E-state index >= 15 is 0 Å². The van der Waals surface area contributed by atoms with Crippen LogP contribution in [-0.2, 0) is 11.3 Å². The number of hydrogen-bond donors (Lipinski definition) is 3. The van der Waals surface area contributed by atoms with Gasteiger partial charge in [0.15, 0.2) is 5.69 Å². The van der Waals surface area contributed by atoms with E-state index in [4.69, 9.17) is 5.73 Å². The maximum atomic E-state index is 14.4. The molecule has 0 radical (unpaired) electrons. The Kier molecular flexibility index (Phi) is 5.62. The molecule has 0 saturated heterocycles. The van der Waals surface area contributed by atoms with Crippen LogP contribution in [0.4, 0.5) is 10.1 Å². The molecule has 1 heterocycles. The van der Waals surface area contributed by atoms with Crippen molar-refractivity contribution in [2.75, 3.05) is 5.73 Å². The first-order valence-electron chi connectivity index (χ1n) is 10.7. The monoisotopic (exact) mass is 437 g/mol. The van der Waals surface area contributed by atoms with Crippen molar-refractivity contribution in [3.05, 3.63) is 59.5 Å². The first-order chi connectivity index (χ1) is 15.1. The summed E-state index contributed by atoms with van der Waals surface area (Å²) in [5.41, 5.74) is 6.81. The van der Waals surface area contributed by atoms with E-state index in [1.54, 1.807) is 22.9 Å². The van der Waals surface area contributed by atoms with Crippen LogP contribution in [0.2, 0.25) is 0 Å². The van der Waals surface area contributed by atoms with E-state index in [1.165, 1.54) is 6.07 Å². The molecule has 7 nitrogen and oxygen atoms in total. The van der Waals surface area contributed by atoms with E-state index in [2.05, 4.69) is 15.7 Å². The van der Waals surface area contributed by atoms with Crippen LogP contribution in [0.25, 0.3) is 10.9 Å². The van der Waals surface area contributed by atoms with Crippen molar-refractivity contribution in [2.24, 2.45) is 5.41 Å². The molecular formula is C24H28FN5O2. The van der Waals surface area contributed by atoms with Crippen molar-refractivity contribution in [1.82, 2.24) is 20.4 Å². The summed E-state index contributed by atoms with van der Waals surface area (Å²) in [7, 11) is 0. The van der Waals surface area contributed by atoms with Crippen LogP contribution < -0.4 is 16.4 Å². The zero-order chi connectivity index (χ0) is 23.0. The molecule has 1 saturated carbocycles. The van der Waals surface area contributed by atoms with Crippen LogP contribution >= 0.6 is 0 Å². The highest BCUT2D eigenvalue weighted by Crippen LogP contribution is 2.25. The van der Waals surface area contributed by atoms with Crippen LogP contribution in [0.5, 0.6) is 0 Å². The summed E-state index contributed by atoms with van der Waals surface area (Å²) in [6, 6.07) is 11.3. The Morgan fingerprint density at radius 2 is 1.94 bits per heavy atom. The number of para-hydroxylation sites is 1. The fourth-order valence-electron chi connectivity index (χ4n) is 3.66. The maximum Gasteiger partial charge on any atom is 0.273 e. The Balaban J connectivity index is 1.64. The second-order valence-electron chi connectivity index (χ2n) is 9.43. The molecule has 8 heteroatoms. The number of carbonyl (C=O) groups is 2. The molecule has 0 aliphatic heterocycles. The van der Waals surface area contributed by atoms with Crippen molar-refractivity contribution in [3.63, 3.8) is 0 Å². The molecule has 1 unspecified atom stereocenters. The van der Waals surface area contributed by atoms with Gasteiger partial charge in [-0.05, 0) is 36.5 Å². The van der Waals surface area contributed by atoms with E-state index < -0.39 is 23.2 Å². The molecule has 1 aliphatic rings. The highest BCUT2D eigenvalue weighted by molar-refractivity contribution is 6.06. The molecule has 1 aromatic heterocycles. The third kappa shape index (κ3) is 4.59. The number of anilines is 1. The maximum absolute atomic E-state index is 14.4. The van der Waals surface area contributed by atoms with Crippen molar-refractivity contribution in [1.29, 1.82) is 0 Å². The first-order valence-corrected chi connectivity index (χ1v) is 10.7. The first kappa shape index (κ1) is 21.8. The van der Waals surface area contributed by atoms with Gasteiger partial charge in [-0.25, -0.2) is 4.39 Å². The van der Waals surface area contributed by atoms with Crippen LogP contribution in [0.3, 0.4) is 0 Å². The molecule has 4 N–H and O–H groups in total. The van der Waals surface area contributed by atoms with Gasteiger partial charge >= 0.3 is 0 Å². The largest absolute Gasteiger partial charge is 0.399 e. The number of hydrogen-bond acceptors (Lipinski definition) is 4. The summed E-state index contributed by atoms with van der Waals surface area (Å²) in [4.78, 5) is 26.0. The normalized spacial score (nSPS) is 14.9. The summed E-state index contributed by atoms with van der Waals surface area (Å²) in [5.74, 6) is -1.07. The lowest BCUT2D eigenvalue weighted by atomic mass is 9.86. The van der Waals surface area contributed by atoms with Crippen molar-refractivity contribution in [2.45, 2.75) is 52.2 Å². The Morgan fingerprint density at radius 3 is 2.59 bits per heavy atom. The quantitative estimate of drug-likeness (QED) is 0.515. The lowest BCUT2D eigenvalue weighted by Crippen LogP contribution is -2.54. The SMILES string of the molecule is CC(C)(C)C(NC(=O)c1nn(Cc2ccc(N)cc2F)c2ccccc12)C(=O)NC1CC1. The Bertz CT molecular complexity index is 1180. The molecule has 32 heavy (non-hydrogen) atoms. The topological polar surface area (TPSA) is 102 Å². The molecule has 0 spiro atoms. The summed E-state index contributed by atoms with van der Waals surface area (Å²) >= 11 is 0. The molecule has 1 aliphatic carbocycles. The minimum atomic E-state index is -0.714. The van der Waals surface area contributed by atoms with Crippen molar-refractivity contribution < 1.29 is 14.0 Å². The average molecular weight is 438 g/mol. The summed E-state index contributed by atoms with van der Waals surface area (Å²) in [5, 5.41) is 11.0. The Labute approximate surface area is 186 Å². The number of amides is 2. The number of aromatic nitrogens is 2. The Hall–Kier alpha value is -3.42. The fraction of sp³-hybridized carbons (Fsp3) is 0.375. The van der Waals surface area contributed by atoms with Crippen LogP contribution in [0.15, 0.2) is 42.5 Å². The molecular weight excluding hydrogens is 409 g/mol. The fourth-order valence-corrected chi connectivity index (χ4v) is 3.66. The van der Waals surface area contributed by atoms with Gasteiger partial charge in [-0.15, -0.1) is 0 Å². The minimum absolute atomic E-state index is 0.144. The highest BCUT2D eigenvalue weighted by Gasteiger charge is 2.36. The van der Waals surface area contributed by atoms with Gasteiger partial charge < -0.3 is 16.4 Å². The highest BCUT2D eigenvalue weighted by atomic mass is 19.1. The molecule has 4 rings (SSSR count). The summed E-state index contributed by atoms with van der Waals surface area (Å²) in [6.07, 6.45) is 1.93. The van der Waals surface area contributed by atoms with E-state index in [9.17, 15) is 14.0 Å². The third-order valence-electron chi connectivity index (χ3n) is 5.60. The number of nitrogens with one attached hydrogen (secondary N) is 2. The van der Waals surface area contributed by atoms with E-state index in [0.29, 0.717) is 22.2 Å².